The van der Waals surface area contributed by atoms with Gasteiger partial charge in [0.2, 0.25) is 5.88 Å². The molecule has 0 aliphatic carbocycles. The van der Waals surface area contributed by atoms with Gasteiger partial charge in [-0.3, -0.25) is 4.68 Å². The summed E-state index contributed by atoms with van der Waals surface area (Å²) >= 11 is 0. The topological polar surface area (TPSA) is 98.5 Å². The zero-order valence-electron chi connectivity index (χ0n) is 20.2. The summed E-state index contributed by atoms with van der Waals surface area (Å²) in [5.74, 6) is 0.119. The van der Waals surface area contributed by atoms with Crippen molar-refractivity contribution in [2.75, 3.05) is 19.0 Å². The number of hydrogen-bond donors (Lipinski definition) is 2. The molecule has 0 amide bonds. The summed E-state index contributed by atoms with van der Waals surface area (Å²) in [5, 5.41) is 18.4. The second-order valence-corrected chi connectivity index (χ2v) is 8.44. The monoisotopic (exact) mass is 474 g/mol. The number of carboxylic acids is 1. The quantitative estimate of drug-likeness (QED) is 0.286. The van der Waals surface area contributed by atoms with Gasteiger partial charge in [-0.15, -0.1) is 0 Å². The molecule has 4 aromatic rings. The number of benzene rings is 2. The lowest BCUT2D eigenvalue weighted by Crippen LogP contribution is -2.16. The number of methoxy groups -OCH3 is 1. The lowest BCUT2D eigenvalue weighted by Gasteiger charge is -2.17. The third kappa shape index (κ3) is 5.44. The Balaban J connectivity index is 1.77. The van der Waals surface area contributed by atoms with E-state index in [2.05, 4.69) is 17.2 Å². The van der Waals surface area contributed by atoms with Crippen molar-refractivity contribution in [2.24, 2.45) is 0 Å². The number of carboxylic acid groups (broad SMARTS) is 1. The number of anilines is 2. The highest BCUT2D eigenvalue weighted by molar-refractivity contribution is 5.96. The number of rotatable bonds is 11. The maximum absolute atomic E-state index is 11.4. The zero-order valence-corrected chi connectivity index (χ0v) is 20.2. The summed E-state index contributed by atoms with van der Waals surface area (Å²) in [6, 6.07) is 17.0. The van der Waals surface area contributed by atoms with Crippen LogP contribution < -0.4 is 10.1 Å². The van der Waals surface area contributed by atoms with Gasteiger partial charge in [-0.05, 0) is 48.7 Å². The largest absolute Gasteiger partial charge is 0.478 e. The molecule has 182 valence electrons. The lowest BCUT2D eigenvalue weighted by molar-refractivity contribution is 0.0696. The van der Waals surface area contributed by atoms with E-state index >= 15 is 0 Å². The van der Waals surface area contributed by atoms with Crippen LogP contribution in [0.5, 0.6) is 5.88 Å². The Hall–Kier alpha value is -3.91. The standard InChI is InChI=1S/C27H30N4O4/c1-4-8-21(17-34-3)31-23-13-14-28-26(35-16-19-9-6-5-7-10-19)24(23)25(30-31)29-20-11-12-22(27(32)33)18(2)15-20/h5-7,9-15,21H,4,8,16-17H2,1-3H3,(H,29,30)(H,32,33). The highest BCUT2D eigenvalue weighted by Crippen LogP contribution is 2.35. The summed E-state index contributed by atoms with van der Waals surface area (Å²) in [6.07, 6.45) is 3.61. The molecule has 0 saturated carbocycles. The molecule has 1 atom stereocenters. The third-order valence-corrected chi connectivity index (χ3v) is 5.85. The first kappa shape index (κ1) is 24.2. The first-order chi connectivity index (χ1) is 17.0. The Bertz CT molecular complexity index is 1300. The highest BCUT2D eigenvalue weighted by atomic mass is 16.5. The lowest BCUT2D eigenvalue weighted by atomic mass is 10.1. The van der Waals surface area contributed by atoms with E-state index in [1.54, 1.807) is 38.4 Å². The van der Waals surface area contributed by atoms with Crippen LogP contribution >= 0.6 is 0 Å². The Morgan fingerprint density at radius 2 is 1.97 bits per heavy atom. The molecule has 0 fully saturated rings. The van der Waals surface area contributed by atoms with Crippen LogP contribution in [0, 0.1) is 6.92 Å². The van der Waals surface area contributed by atoms with Crippen LogP contribution in [0.4, 0.5) is 11.5 Å². The molecular weight excluding hydrogens is 444 g/mol. The van der Waals surface area contributed by atoms with E-state index in [1.165, 1.54) is 0 Å². The molecule has 2 aromatic carbocycles. The SMILES string of the molecule is CCCC(COC)n1nc(Nc2ccc(C(=O)O)c(C)c2)c2c(OCc3ccccc3)nccc21. The highest BCUT2D eigenvalue weighted by Gasteiger charge is 2.22. The van der Waals surface area contributed by atoms with E-state index in [-0.39, 0.29) is 11.6 Å². The van der Waals surface area contributed by atoms with Gasteiger partial charge in [0.05, 0.1) is 23.7 Å². The zero-order chi connectivity index (χ0) is 24.8. The van der Waals surface area contributed by atoms with Gasteiger partial charge in [0, 0.05) is 19.0 Å². The van der Waals surface area contributed by atoms with E-state index in [0.29, 0.717) is 30.5 Å². The fourth-order valence-corrected chi connectivity index (χ4v) is 4.18. The van der Waals surface area contributed by atoms with Gasteiger partial charge in [-0.25, -0.2) is 9.78 Å². The van der Waals surface area contributed by atoms with Crippen LogP contribution in [0.15, 0.2) is 60.8 Å². The molecule has 0 spiro atoms. The Labute approximate surface area is 204 Å². The first-order valence-electron chi connectivity index (χ1n) is 11.7. The Morgan fingerprint density at radius 1 is 1.17 bits per heavy atom. The van der Waals surface area contributed by atoms with Gasteiger partial charge in [0.25, 0.3) is 0 Å². The Morgan fingerprint density at radius 3 is 2.66 bits per heavy atom. The number of ether oxygens (including phenoxy) is 2. The minimum absolute atomic E-state index is 0.0449. The predicted octanol–water partition coefficient (Wildman–Crippen LogP) is 5.75. The third-order valence-electron chi connectivity index (χ3n) is 5.85. The van der Waals surface area contributed by atoms with Crippen molar-refractivity contribution in [2.45, 2.75) is 39.3 Å². The Kier molecular flexibility index (Phi) is 7.62. The summed E-state index contributed by atoms with van der Waals surface area (Å²) in [7, 11) is 1.69. The van der Waals surface area contributed by atoms with Crippen molar-refractivity contribution in [1.82, 2.24) is 14.8 Å². The summed E-state index contributed by atoms with van der Waals surface area (Å²) in [5.41, 5.74) is 3.59. The number of nitrogens with one attached hydrogen (secondary N) is 1. The summed E-state index contributed by atoms with van der Waals surface area (Å²) in [4.78, 5) is 15.9. The number of carbonyl (C=O) groups is 1. The number of aryl methyl sites for hydroxylation is 1. The smallest absolute Gasteiger partial charge is 0.335 e. The maximum Gasteiger partial charge on any atom is 0.335 e. The number of pyridine rings is 1. The van der Waals surface area contributed by atoms with E-state index < -0.39 is 5.97 Å². The average molecular weight is 475 g/mol. The van der Waals surface area contributed by atoms with Gasteiger partial charge < -0.3 is 19.9 Å². The van der Waals surface area contributed by atoms with E-state index in [4.69, 9.17) is 14.6 Å². The second kappa shape index (κ2) is 11.0. The molecule has 35 heavy (non-hydrogen) atoms. The van der Waals surface area contributed by atoms with Crippen LogP contribution in [0.1, 0.15) is 47.3 Å². The number of aromatic nitrogens is 3. The average Bonchev–Trinajstić information content (AvgIpc) is 3.22. The summed E-state index contributed by atoms with van der Waals surface area (Å²) < 4.78 is 13.6. The maximum atomic E-state index is 11.4. The van der Waals surface area contributed by atoms with Crippen molar-refractivity contribution in [3.05, 3.63) is 77.5 Å². The van der Waals surface area contributed by atoms with Crippen LogP contribution in [0.2, 0.25) is 0 Å². The molecule has 4 rings (SSSR count). The number of fused-ring (bicyclic) bond motifs is 1. The molecule has 2 heterocycles. The van der Waals surface area contributed by atoms with E-state index in [9.17, 15) is 9.90 Å². The summed E-state index contributed by atoms with van der Waals surface area (Å²) in [6.45, 7) is 4.81. The van der Waals surface area contributed by atoms with Gasteiger partial charge >= 0.3 is 5.97 Å². The fraction of sp³-hybridized carbons (Fsp3) is 0.296. The van der Waals surface area contributed by atoms with Crippen molar-refractivity contribution in [3.63, 3.8) is 0 Å². The van der Waals surface area contributed by atoms with Crippen molar-refractivity contribution in [1.29, 1.82) is 0 Å². The predicted molar refractivity (Wildman–Crippen MR) is 136 cm³/mol. The van der Waals surface area contributed by atoms with Crippen LogP contribution in [0.3, 0.4) is 0 Å². The number of hydrogen-bond acceptors (Lipinski definition) is 6. The van der Waals surface area contributed by atoms with Crippen LogP contribution in [0.25, 0.3) is 10.9 Å². The first-order valence-corrected chi connectivity index (χ1v) is 11.7. The van der Waals surface area contributed by atoms with Crippen molar-refractivity contribution >= 4 is 28.4 Å². The van der Waals surface area contributed by atoms with Gasteiger partial charge in [0.15, 0.2) is 5.82 Å². The van der Waals surface area contributed by atoms with E-state index in [0.717, 1.165) is 35.0 Å². The number of aromatic carboxylic acids is 1. The van der Waals surface area contributed by atoms with Gasteiger partial charge in [-0.1, -0.05) is 43.7 Å². The molecule has 0 aliphatic heterocycles. The van der Waals surface area contributed by atoms with E-state index in [1.807, 2.05) is 41.1 Å². The van der Waals surface area contributed by atoms with Crippen molar-refractivity contribution < 1.29 is 19.4 Å². The minimum Gasteiger partial charge on any atom is -0.478 e. The van der Waals surface area contributed by atoms with Crippen LogP contribution in [-0.2, 0) is 11.3 Å². The molecule has 2 N–H and O–H groups in total. The molecule has 2 aromatic heterocycles. The minimum atomic E-state index is -0.952. The molecule has 0 radical (unpaired) electrons. The molecule has 0 bridgehead atoms. The van der Waals surface area contributed by atoms with Crippen LogP contribution in [-0.4, -0.2) is 39.6 Å². The molecule has 1 unspecified atom stereocenters. The molecule has 8 heteroatoms. The van der Waals surface area contributed by atoms with Crippen molar-refractivity contribution in [3.8, 4) is 5.88 Å². The molecular formula is C27H30N4O4. The number of nitrogens with zero attached hydrogens (tertiary/aromatic N) is 3. The molecule has 0 aliphatic rings. The van der Waals surface area contributed by atoms with Gasteiger partial charge in [0.1, 0.15) is 12.0 Å². The normalized spacial score (nSPS) is 12.0. The molecule has 0 saturated heterocycles. The fourth-order valence-electron chi connectivity index (χ4n) is 4.18. The molecule has 8 nitrogen and oxygen atoms in total. The second-order valence-electron chi connectivity index (χ2n) is 8.44. The van der Waals surface area contributed by atoms with Gasteiger partial charge in [-0.2, -0.15) is 5.10 Å².